The predicted molar refractivity (Wildman–Crippen MR) is 76.7 cm³/mol. The van der Waals surface area contributed by atoms with E-state index in [1.807, 2.05) is 36.4 Å². The molecule has 0 amide bonds. The van der Waals surface area contributed by atoms with Crippen LogP contribution >= 0.6 is 0 Å². The molecule has 1 aliphatic carbocycles. The summed E-state index contributed by atoms with van der Waals surface area (Å²) in [6, 6.07) is 9.45. The third-order valence-electron chi connectivity index (χ3n) is 3.56. The Bertz CT molecular complexity index is 444. The van der Waals surface area contributed by atoms with E-state index in [0.717, 1.165) is 37.7 Å². The van der Waals surface area contributed by atoms with Gasteiger partial charge < -0.3 is 5.11 Å². The van der Waals surface area contributed by atoms with Gasteiger partial charge in [0.2, 0.25) is 0 Å². The highest BCUT2D eigenvalue weighted by Gasteiger charge is 2.34. The lowest BCUT2D eigenvalue weighted by Gasteiger charge is -2.14. The van der Waals surface area contributed by atoms with Crippen LogP contribution in [0.1, 0.15) is 50.7 Å². The van der Waals surface area contributed by atoms with Crippen LogP contribution in [0.5, 0.6) is 0 Å². The van der Waals surface area contributed by atoms with Crippen molar-refractivity contribution in [3.05, 3.63) is 47.5 Å². The zero-order chi connectivity index (χ0) is 13.7. The van der Waals surface area contributed by atoms with Gasteiger partial charge in [-0.3, -0.25) is 4.79 Å². The van der Waals surface area contributed by atoms with E-state index in [9.17, 15) is 9.90 Å². The van der Waals surface area contributed by atoms with E-state index in [-0.39, 0.29) is 11.7 Å². The van der Waals surface area contributed by atoms with Gasteiger partial charge in [0.05, 0.1) is 0 Å². The minimum Gasteiger partial charge on any atom is -0.384 e. The lowest BCUT2D eigenvalue weighted by Crippen LogP contribution is -2.13. The Morgan fingerprint density at radius 1 is 1.37 bits per heavy atom. The quantitative estimate of drug-likeness (QED) is 0.596. The van der Waals surface area contributed by atoms with Crippen molar-refractivity contribution in [2.24, 2.45) is 5.92 Å². The first kappa shape index (κ1) is 14.0. The van der Waals surface area contributed by atoms with Crippen molar-refractivity contribution in [2.75, 3.05) is 0 Å². The number of aliphatic hydroxyl groups excluding tert-OH is 1. The summed E-state index contributed by atoms with van der Waals surface area (Å²) in [4.78, 5) is 12.3. The Labute approximate surface area is 115 Å². The van der Waals surface area contributed by atoms with E-state index in [1.54, 1.807) is 0 Å². The molecule has 1 unspecified atom stereocenters. The maximum Gasteiger partial charge on any atom is 0.164 e. The lowest BCUT2D eigenvalue weighted by molar-refractivity contribution is -0.117. The van der Waals surface area contributed by atoms with Crippen molar-refractivity contribution in [3.63, 3.8) is 0 Å². The van der Waals surface area contributed by atoms with Gasteiger partial charge >= 0.3 is 0 Å². The molecule has 2 heteroatoms. The van der Waals surface area contributed by atoms with E-state index >= 15 is 0 Å². The van der Waals surface area contributed by atoms with E-state index < -0.39 is 6.10 Å². The van der Waals surface area contributed by atoms with Gasteiger partial charge in [0.1, 0.15) is 6.10 Å². The number of benzene rings is 1. The standard InChI is InChI=1S/C17H22O2/c1-2-3-5-10-15(17(19)14-11-12-14)16(18)13-8-6-4-7-9-13/h4,6-10,14,16,18H,2-3,5,11-12H2,1H3. The largest absolute Gasteiger partial charge is 0.384 e. The second-order valence-corrected chi connectivity index (χ2v) is 5.25. The van der Waals surface area contributed by atoms with Crippen LogP contribution in [0.4, 0.5) is 0 Å². The van der Waals surface area contributed by atoms with Crippen molar-refractivity contribution in [2.45, 2.75) is 45.1 Å². The van der Waals surface area contributed by atoms with Crippen LogP contribution in [-0.2, 0) is 4.79 Å². The summed E-state index contributed by atoms with van der Waals surface area (Å²) in [5.74, 6) is 0.304. The zero-order valence-electron chi connectivity index (χ0n) is 11.5. The smallest absolute Gasteiger partial charge is 0.164 e. The van der Waals surface area contributed by atoms with Crippen LogP contribution in [0.25, 0.3) is 0 Å². The van der Waals surface area contributed by atoms with Crippen LogP contribution in [0.15, 0.2) is 42.0 Å². The minimum atomic E-state index is -0.772. The molecule has 102 valence electrons. The molecule has 1 fully saturated rings. The molecule has 1 atom stereocenters. The summed E-state index contributed by atoms with van der Waals surface area (Å²) in [5.41, 5.74) is 1.40. The van der Waals surface area contributed by atoms with E-state index in [4.69, 9.17) is 0 Å². The first-order chi connectivity index (χ1) is 9.24. The molecule has 0 aromatic heterocycles. The summed E-state index contributed by atoms with van der Waals surface area (Å²) in [5, 5.41) is 10.4. The molecular weight excluding hydrogens is 236 g/mol. The normalized spacial score (nSPS) is 17.3. The van der Waals surface area contributed by atoms with Gasteiger partial charge in [0, 0.05) is 11.5 Å². The first-order valence-electron chi connectivity index (χ1n) is 7.21. The fraction of sp³-hybridized carbons (Fsp3) is 0.471. The molecule has 0 radical (unpaired) electrons. The van der Waals surface area contributed by atoms with Crippen LogP contribution in [0.3, 0.4) is 0 Å². The molecule has 1 aliphatic rings. The molecule has 0 saturated heterocycles. The second kappa shape index (κ2) is 6.67. The molecule has 1 saturated carbocycles. The number of allylic oxidation sites excluding steroid dienone is 1. The highest BCUT2D eigenvalue weighted by atomic mass is 16.3. The third kappa shape index (κ3) is 3.77. The average Bonchev–Trinajstić information content (AvgIpc) is 3.28. The highest BCUT2D eigenvalue weighted by Crippen LogP contribution is 2.36. The van der Waals surface area contributed by atoms with Gasteiger partial charge in [-0.1, -0.05) is 56.2 Å². The van der Waals surface area contributed by atoms with Crippen molar-refractivity contribution in [1.29, 1.82) is 0 Å². The Balaban J connectivity index is 2.16. The van der Waals surface area contributed by atoms with Crippen molar-refractivity contribution >= 4 is 5.78 Å². The maximum absolute atomic E-state index is 12.3. The number of Topliss-reactive ketones (excluding diaryl/α,β-unsaturated/α-hetero) is 1. The molecule has 0 heterocycles. The van der Waals surface area contributed by atoms with Gasteiger partial charge in [0.15, 0.2) is 5.78 Å². The molecule has 0 spiro atoms. The summed E-state index contributed by atoms with van der Waals surface area (Å²) >= 11 is 0. The number of unbranched alkanes of at least 4 members (excludes halogenated alkanes) is 2. The minimum absolute atomic E-state index is 0.146. The van der Waals surface area contributed by atoms with Crippen LogP contribution < -0.4 is 0 Å². The molecule has 2 rings (SSSR count). The highest BCUT2D eigenvalue weighted by molar-refractivity contribution is 5.99. The molecule has 0 aliphatic heterocycles. The van der Waals surface area contributed by atoms with E-state index in [0.29, 0.717) is 5.57 Å². The van der Waals surface area contributed by atoms with Crippen molar-refractivity contribution in [1.82, 2.24) is 0 Å². The number of aliphatic hydroxyl groups is 1. The molecule has 0 bridgehead atoms. The summed E-state index contributed by atoms with van der Waals surface area (Å²) in [7, 11) is 0. The number of rotatable bonds is 7. The Morgan fingerprint density at radius 3 is 2.63 bits per heavy atom. The van der Waals surface area contributed by atoms with Gasteiger partial charge in [-0.2, -0.15) is 0 Å². The maximum atomic E-state index is 12.3. The SMILES string of the molecule is CCCCC=C(C(=O)C1CC1)C(O)c1ccccc1. The van der Waals surface area contributed by atoms with Gasteiger partial charge in [-0.05, 0) is 24.8 Å². The van der Waals surface area contributed by atoms with Crippen molar-refractivity contribution < 1.29 is 9.90 Å². The van der Waals surface area contributed by atoms with Gasteiger partial charge in [-0.25, -0.2) is 0 Å². The molecule has 1 N–H and O–H groups in total. The molecule has 2 nitrogen and oxygen atoms in total. The number of hydrogen-bond donors (Lipinski definition) is 1. The Morgan fingerprint density at radius 2 is 2.05 bits per heavy atom. The molecule has 1 aromatic carbocycles. The van der Waals surface area contributed by atoms with Crippen LogP contribution in [0, 0.1) is 5.92 Å². The molecule has 1 aromatic rings. The number of ketones is 1. The van der Waals surface area contributed by atoms with Crippen LogP contribution in [0.2, 0.25) is 0 Å². The molecule has 19 heavy (non-hydrogen) atoms. The molecular formula is C17H22O2. The van der Waals surface area contributed by atoms with E-state index in [1.165, 1.54) is 0 Å². The Kier molecular flexibility index (Phi) is 4.92. The summed E-state index contributed by atoms with van der Waals surface area (Å²) in [6.45, 7) is 2.13. The lowest BCUT2D eigenvalue weighted by atomic mass is 9.94. The number of carbonyl (C=O) groups is 1. The monoisotopic (exact) mass is 258 g/mol. The topological polar surface area (TPSA) is 37.3 Å². The van der Waals surface area contributed by atoms with Gasteiger partial charge in [-0.15, -0.1) is 0 Å². The summed E-state index contributed by atoms with van der Waals surface area (Å²) < 4.78 is 0. The van der Waals surface area contributed by atoms with E-state index in [2.05, 4.69) is 6.92 Å². The predicted octanol–water partition coefficient (Wildman–Crippen LogP) is 3.82. The average molecular weight is 258 g/mol. The van der Waals surface area contributed by atoms with Crippen molar-refractivity contribution in [3.8, 4) is 0 Å². The number of hydrogen-bond acceptors (Lipinski definition) is 2. The third-order valence-corrected chi connectivity index (χ3v) is 3.56. The summed E-state index contributed by atoms with van der Waals surface area (Å²) in [6.07, 6.45) is 6.16. The fourth-order valence-corrected chi connectivity index (χ4v) is 2.20. The first-order valence-corrected chi connectivity index (χ1v) is 7.21. The van der Waals surface area contributed by atoms with Crippen LogP contribution in [-0.4, -0.2) is 10.9 Å². The fourth-order valence-electron chi connectivity index (χ4n) is 2.20. The Hall–Kier alpha value is -1.41. The second-order valence-electron chi connectivity index (χ2n) is 5.25. The zero-order valence-corrected chi connectivity index (χ0v) is 11.5. The van der Waals surface area contributed by atoms with Gasteiger partial charge in [0.25, 0.3) is 0 Å². The number of carbonyl (C=O) groups excluding carboxylic acids is 1.